The van der Waals surface area contributed by atoms with E-state index in [9.17, 15) is 9.18 Å². The van der Waals surface area contributed by atoms with E-state index in [2.05, 4.69) is 15.6 Å². The van der Waals surface area contributed by atoms with Crippen molar-refractivity contribution in [1.29, 1.82) is 0 Å². The number of aromatic nitrogens is 1. The number of benzene rings is 1. The Morgan fingerprint density at radius 1 is 1.23 bits per heavy atom. The summed E-state index contributed by atoms with van der Waals surface area (Å²) >= 11 is 1.32. The first kappa shape index (κ1) is 20.8. The van der Waals surface area contributed by atoms with Gasteiger partial charge in [-0.25, -0.2) is 9.37 Å². The Hall–Kier alpha value is -1.21. The van der Waals surface area contributed by atoms with Crippen LogP contribution in [0.15, 0.2) is 24.3 Å². The van der Waals surface area contributed by atoms with Gasteiger partial charge in [-0.05, 0) is 38.2 Å². The third-order valence-corrected chi connectivity index (χ3v) is 3.96. The molecule has 1 aromatic carbocycles. The zero-order valence-corrected chi connectivity index (χ0v) is 14.6. The van der Waals surface area contributed by atoms with E-state index in [1.54, 1.807) is 19.1 Å². The highest BCUT2D eigenvalue weighted by Crippen LogP contribution is 2.27. The second-order valence-electron chi connectivity index (χ2n) is 4.30. The van der Waals surface area contributed by atoms with E-state index in [0.29, 0.717) is 23.7 Å². The monoisotopic (exact) mass is 365 g/mol. The molecule has 0 bridgehead atoms. The fourth-order valence-electron chi connectivity index (χ4n) is 1.70. The van der Waals surface area contributed by atoms with E-state index in [0.717, 1.165) is 10.6 Å². The second-order valence-corrected chi connectivity index (χ2v) is 5.30. The van der Waals surface area contributed by atoms with E-state index in [1.165, 1.54) is 23.5 Å². The van der Waals surface area contributed by atoms with Crippen LogP contribution in [-0.4, -0.2) is 31.0 Å². The highest BCUT2D eigenvalue weighted by Gasteiger charge is 2.15. The fourth-order valence-corrected chi connectivity index (χ4v) is 2.69. The molecule has 1 amide bonds. The molecule has 1 heterocycles. The number of nitrogens with one attached hydrogen (secondary N) is 2. The second kappa shape index (κ2) is 9.74. The average Bonchev–Trinajstić information content (AvgIpc) is 2.82. The quantitative estimate of drug-likeness (QED) is 0.800. The lowest BCUT2D eigenvalue weighted by Gasteiger charge is -2.02. The maximum absolute atomic E-state index is 12.9. The number of hydrogen-bond donors (Lipinski definition) is 2. The molecule has 22 heavy (non-hydrogen) atoms. The SMILES string of the molecule is CNCCNC(=O)c1sc(-c2ccc(F)cc2)nc1C.Cl.Cl. The molecule has 2 aromatic rings. The third kappa shape index (κ3) is 5.21. The molecule has 0 aliphatic heterocycles. The number of thiazole rings is 1. The number of halogens is 3. The third-order valence-electron chi connectivity index (χ3n) is 2.75. The molecule has 0 aliphatic rings. The lowest BCUT2D eigenvalue weighted by Crippen LogP contribution is -2.30. The minimum atomic E-state index is -0.285. The summed E-state index contributed by atoms with van der Waals surface area (Å²) < 4.78 is 12.9. The molecule has 2 rings (SSSR count). The molecular weight excluding hydrogens is 348 g/mol. The Morgan fingerprint density at radius 3 is 2.45 bits per heavy atom. The first-order valence-corrected chi connectivity index (χ1v) is 7.09. The van der Waals surface area contributed by atoms with Gasteiger partial charge in [0.05, 0.1) is 5.69 Å². The standard InChI is InChI=1S/C14H16FN3OS.2ClH/c1-9-12(13(19)17-8-7-16-2)20-14(18-9)10-3-5-11(15)6-4-10;;/h3-6,16H,7-8H2,1-2H3,(H,17,19);2*1H. The average molecular weight is 366 g/mol. The van der Waals surface area contributed by atoms with Crippen LogP contribution in [0.2, 0.25) is 0 Å². The summed E-state index contributed by atoms with van der Waals surface area (Å²) in [6.07, 6.45) is 0. The van der Waals surface area contributed by atoms with Crippen molar-refractivity contribution in [3.05, 3.63) is 40.7 Å². The van der Waals surface area contributed by atoms with Crippen molar-refractivity contribution in [1.82, 2.24) is 15.6 Å². The van der Waals surface area contributed by atoms with Gasteiger partial charge in [0.2, 0.25) is 0 Å². The lowest BCUT2D eigenvalue weighted by molar-refractivity contribution is 0.0957. The molecule has 0 radical (unpaired) electrons. The smallest absolute Gasteiger partial charge is 0.263 e. The number of carbonyl (C=O) groups is 1. The van der Waals surface area contributed by atoms with Crippen LogP contribution in [0.5, 0.6) is 0 Å². The number of nitrogens with zero attached hydrogens (tertiary/aromatic N) is 1. The van der Waals surface area contributed by atoms with Gasteiger partial charge in [-0.1, -0.05) is 0 Å². The van der Waals surface area contributed by atoms with Crippen LogP contribution < -0.4 is 10.6 Å². The highest BCUT2D eigenvalue weighted by molar-refractivity contribution is 7.17. The van der Waals surface area contributed by atoms with Crippen LogP contribution in [0.25, 0.3) is 10.6 Å². The zero-order valence-electron chi connectivity index (χ0n) is 12.2. The molecule has 2 N–H and O–H groups in total. The van der Waals surface area contributed by atoms with Crippen molar-refractivity contribution in [2.24, 2.45) is 0 Å². The highest BCUT2D eigenvalue weighted by atomic mass is 35.5. The Kier molecular flexibility index (Phi) is 9.20. The molecule has 0 spiro atoms. The Bertz CT molecular complexity index is 605. The minimum Gasteiger partial charge on any atom is -0.350 e. The van der Waals surface area contributed by atoms with Gasteiger partial charge in [-0.2, -0.15) is 0 Å². The Balaban J connectivity index is 0.00000220. The first-order valence-electron chi connectivity index (χ1n) is 6.28. The van der Waals surface area contributed by atoms with Crippen LogP contribution in [0.3, 0.4) is 0 Å². The van der Waals surface area contributed by atoms with E-state index >= 15 is 0 Å². The van der Waals surface area contributed by atoms with Gasteiger partial charge in [0.1, 0.15) is 15.7 Å². The number of hydrogen-bond acceptors (Lipinski definition) is 4. The predicted octanol–water partition coefficient (Wildman–Crippen LogP) is 3.05. The molecule has 8 heteroatoms. The summed E-state index contributed by atoms with van der Waals surface area (Å²) in [6.45, 7) is 3.09. The fraction of sp³-hybridized carbons (Fsp3) is 0.286. The number of carbonyl (C=O) groups excluding carboxylic acids is 1. The molecular formula is C14H18Cl2FN3OS. The Labute approximate surface area is 145 Å². The molecule has 0 aliphatic carbocycles. The maximum atomic E-state index is 12.9. The van der Waals surface area contributed by atoms with Crippen molar-refractivity contribution in [2.45, 2.75) is 6.92 Å². The minimum absolute atomic E-state index is 0. The normalized spacial score (nSPS) is 9.59. The van der Waals surface area contributed by atoms with E-state index in [4.69, 9.17) is 0 Å². The van der Waals surface area contributed by atoms with E-state index < -0.39 is 0 Å². The van der Waals surface area contributed by atoms with Crippen molar-refractivity contribution in [2.75, 3.05) is 20.1 Å². The molecule has 1 aromatic heterocycles. The van der Waals surface area contributed by atoms with Gasteiger partial charge >= 0.3 is 0 Å². The first-order chi connectivity index (χ1) is 9.61. The van der Waals surface area contributed by atoms with Crippen LogP contribution in [0, 0.1) is 12.7 Å². The summed E-state index contributed by atoms with van der Waals surface area (Å²) in [5, 5.41) is 6.51. The summed E-state index contributed by atoms with van der Waals surface area (Å²) in [5.41, 5.74) is 1.50. The van der Waals surface area contributed by atoms with Gasteiger partial charge in [-0.3, -0.25) is 4.79 Å². The van der Waals surface area contributed by atoms with Crippen molar-refractivity contribution < 1.29 is 9.18 Å². The Morgan fingerprint density at radius 2 is 1.86 bits per heavy atom. The van der Waals surface area contributed by atoms with Gasteiger partial charge in [-0.15, -0.1) is 36.2 Å². The zero-order chi connectivity index (χ0) is 14.5. The molecule has 0 unspecified atom stereocenters. The molecule has 0 saturated carbocycles. The summed E-state index contributed by atoms with van der Waals surface area (Å²) in [4.78, 5) is 17.0. The predicted molar refractivity (Wildman–Crippen MR) is 93.0 cm³/mol. The van der Waals surface area contributed by atoms with Crippen molar-refractivity contribution in [3.63, 3.8) is 0 Å². The molecule has 0 fully saturated rings. The number of rotatable bonds is 5. The summed E-state index contributed by atoms with van der Waals surface area (Å²) in [6, 6.07) is 6.10. The van der Waals surface area contributed by atoms with Gasteiger partial charge < -0.3 is 10.6 Å². The molecule has 4 nitrogen and oxygen atoms in total. The van der Waals surface area contributed by atoms with E-state index in [1.807, 2.05) is 7.05 Å². The molecule has 122 valence electrons. The summed E-state index contributed by atoms with van der Waals surface area (Å²) in [7, 11) is 1.83. The topological polar surface area (TPSA) is 54.0 Å². The molecule has 0 saturated heterocycles. The number of aryl methyl sites for hydroxylation is 1. The molecule has 0 atom stereocenters. The van der Waals surface area contributed by atoms with Crippen LogP contribution in [0.1, 0.15) is 15.4 Å². The van der Waals surface area contributed by atoms with Crippen molar-refractivity contribution in [3.8, 4) is 10.6 Å². The van der Waals surface area contributed by atoms with Gasteiger partial charge in [0, 0.05) is 18.7 Å². The van der Waals surface area contributed by atoms with Gasteiger partial charge in [0.15, 0.2) is 0 Å². The largest absolute Gasteiger partial charge is 0.350 e. The number of amides is 1. The van der Waals surface area contributed by atoms with E-state index in [-0.39, 0.29) is 36.5 Å². The van der Waals surface area contributed by atoms with Gasteiger partial charge in [0.25, 0.3) is 5.91 Å². The maximum Gasteiger partial charge on any atom is 0.263 e. The van der Waals surface area contributed by atoms with Crippen molar-refractivity contribution >= 4 is 42.1 Å². The lowest BCUT2D eigenvalue weighted by atomic mass is 10.2. The van der Waals surface area contributed by atoms with Crippen LogP contribution in [0.4, 0.5) is 4.39 Å². The summed E-state index contributed by atoms with van der Waals surface area (Å²) in [5.74, 6) is -0.407. The van der Waals surface area contributed by atoms with Crippen LogP contribution >= 0.6 is 36.2 Å². The van der Waals surface area contributed by atoms with Crippen LogP contribution in [-0.2, 0) is 0 Å². The number of likely N-dealkylation sites (N-methyl/N-ethyl adjacent to an activating group) is 1.